The molecular weight excluding hydrogens is 321 g/mol. The minimum absolute atomic E-state index is 0.00252. The minimum atomic E-state index is -4.12. The molecule has 7 nitrogen and oxygen atoms in total. The fourth-order valence-corrected chi connectivity index (χ4v) is 3.90. The van der Waals surface area contributed by atoms with Crippen LogP contribution in [0.25, 0.3) is 0 Å². The Balaban J connectivity index is 3.36. The van der Waals surface area contributed by atoms with Crippen molar-refractivity contribution in [2.45, 2.75) is 19.2 Å². The SMILES string of the molecule is CCOP(=O)(OCC)[C@@](O)(CN([O-])O)c1ccc(Cl)cc1. The van der Waals surface area contributed by atoms with Gasteiger partial charge in [-0.3, -0.25) is 9.79 Å². The van der Waals surface area contributed by atoms with Crippen LogP contribution in [-0.4, -0.2) is 35.3 Å². The highest BCUT2D eigenvalue weighted by molar-refractivity contribution is 7.55. The molecule has 0 heterocycles. The molecule has 1 aromatic rings. The molecule has 0 amide bonds. The van der Waals surface area contributed by atoms with Crippen molar-refractivity contribution in [1.29, 1.82) is 0 Å². The Labute approximate surface area is 128 Å². The zero-order valence-corrected chi connectivity index (χ0v) is 13.4. The number of aliphatic hydroxyl groups is 1. The lowest BCUT2D eigenvalue weighted by atomic mass is 10.1. The summed E-state index contributed by atoms with van der Waals surface area (Å²) < 4.78 is 23.0. The molecule has 0 aliphatic carbocycles. The maximum atomic E-state index is 12.9. The van der Waals surface area contributed by atoms with Gasteiger partial charge >= 0.3 is 7.60 Å². The summed E-state index contributed by atoms with van der Waals surface area (Å²) in [5.41, 5.74) is 0.0898. The highest BCUT2D eigenvalue weighted by Gasteiger charge is 2.51. The summed E-state index contributed by atoms with van der Waals surface area (Å²) in [7, 11) is -4.12. The summed E-state index contributed by atoms with van der Waals surface area (Å²) in [5.74, 6) is 0. The van der Waals surface area contributed by atoms with Crippen LogP contribution in [0.1, 0.15) is 19.4 Å². The number of hydroxylamine groups is 2. The van der Waals surface area contributed by atoms with E-state index in [9.17, 15) is 14.9 Å². The summed E-state index contributed by atoms with van der Waals surface area (Å²) in [5, 5.41) is 28.3. The number of rotatable bonds is 8. The van der Waals surface area contributed by atoms with Gasteiger partial charge in [0.15, 0.2) is 0 Å². The molecule has 0 saturated heterocycles. The molecule has 0 spiro atoms. The van der Waals surface area contributed by atoms with Crippen molar-refractivity contribution >= 4 is 19.2 Å². The van der Waals surface area contributed by atoms with E-state index >= 15 is 0 Å². The Bertz CT molecular complexity index is 487. The lowest BCUT2D eigenvalue weighted by molar-refractivity contribution is -0.0890. The average molecular weight is 339 g/mol. The van der Waals surface area contributed by atoms with Crippen LogP contribution < -0.4 is 0 Å². The molecule has 0 bridgehead atoms. The van der Waals surface area contributed by atoms with Crippen LogP contribution in [0.15, 0.2) is 24.3 Å². The van der Waals surface area contributed by atoms with Crippen molar-refractivity contribution in [1.82, 2.24) is 5.23 Å². The van der Waals surface area contributed by atoms with Crippen molar-refractivity contribution in [2.75, 3.05) is 19.8 Å². The van der Waals surface area contributed by atoms with Crippen molar-refractivity contribution in [3.63, 3.8) is 0 Å². The van der Waals surface area contributed by atoms with Gasteiger partial charge in [-0.15, -0.1) is 0 Å². The summed E-state index contributed by atoms with van der Waals surface area (Å²) in [4.78, 5) is 0. The van der Waals surface area contributed by atoms with Gasteiger partial charge in [0.25, 0.3) is 0 Å². The van der Waals surface area contributed by atoms with E-state index in [1.54, 1.807) is 13.8 Å². The Kier molecular flexibility index (Phi) is 6.77. The van der Waals surface area contributed by atoms with E-state index in [0.29, 0.717) is 5.02 Å². The second-order valence-electron chi connectivity index (χ2n) is 4.17. The summed E-state index contributed by atoms with van der Waals surface area (Å²) >= 11 is 5.77. The van der Waals surface area contributed by atoms with E-state index in [4.69, 9.17) is 25.9 Å². The van der Waals surface area contributed by atoms with Gasteiger partial charge in [0.1, 0.15) is 0 Å². The third kappa shape index (κ3) is 4.25. The molecule has 9 heteroatoms. The van der Waals surface area contributed by atoms with Gasteiger partial charge in [0, 0.05) is 5.02 Å². The van der Waals surface area contributed by atoms with Crippen molar-refractivity contribution in [3.8, 4) is 0 Å². The van der Waals surface area contributed by atoms with Crippen LogP contribution in [0.3, 0.4) is 0 Å². The normalized spacial score (nSPS) is 15.2. The van der Waals surface area contributed by atoms with Gasteiger partial charge in [0.05, 0.1) is 19.8 Å². The Morgan fingerprint density at radius 3 is 2.14 bits per heavy atom. The van der Waals surface area contributed by atoms with Crippen LogP contribution in [0.4, 0.5) is 0 Å². The Morgan fingerprint density at radius 1 is 1.29 bits per heavy atom. The fourth-order valence-electron chi connectivity index (χ4n) is 1.83. The van der Waals surface area contributed by atoms with Crippen LogP contribution in [-0.2, 0) is 19.0 Å². The number of hydrogen-bond donors (Lipinski definition) is 2. The minimum Gasteiger partial charge on any atom is -0.762 e. The Hall–Kier alpha value is -0.500. The number of halogens is 1. The third-order valence-electron chi connectivity index (χ3n) is 2.71. The smallest absolute Gasteiger partial charge is 0.367 e. The van der Waals surface area contributed by atoms with Gasteiger partial charge in [-0.1, -0.05) is 23.7 Å². The highest BCUT2D eigenvalue weighted by Crippen LogP contribution is 2.63. The second-order valence-corrected chi connectivity index (χ2v) is 6.85. The van der Waals surface area contributed by atoms with Crippen LogP contribution in [0.2, 0.25) is 5.02 Å². The van der Waals surface area contributed by atoms with Gasteiger partial charge in [-0.25, -0.2) is 0 Å². The van der Waals surface area contributed by atoms with E-state index in [-0.39, 0.29) is 18.8 Å². The molecule has 120 valence electrons. The summed E-state index contributed by atoms with van der Waals surface area (Å²) in [6.07, 6.45) is 0. The van der Waals surface area contributed by atoms with E-state index in [1.165, 1.54) is 24.3 Å². The maximum absolute atomic E-state index is 12.9. The lowest BCUT2D eigenvalue weighted by Gasteiger charge is -2.38. The summed E-state index contributed by atoms with van der Waals surface area (Å²) in [6, 6.07) is 5.68. The number of nitrogens with zero attached hydrogens (tertiary/aromatic N) is 1. The summed E-state index contributed by atoms with van der Waals surface area (Å²) in [6.45, 7) is 2.24. The molecule has 0 aliphatic rings. The molecule has 1 aromatic carbocycles. The first-order valence-corrected chi connectivity index (χ1v) is 8.22. The molecular formula is C12H18ClNO6P-. The zero-order valence-electron chi connectivity index (χ0n) is 11.7. The monoisotopic (exact) mass is 338 g/mol. The first-order valence-electron chi connectivity index (χ1n) is 6.30. The van der Waals surface area contributed by atoms with Crippen molar-refractivity contribution in [3.05, 3.63) is 40.1 Å². The van der Waals surface area contributed by atoms with Gasteiger partial charge < -0.3 is 24.6 Å². The van der Waals surface area contributed by atoms with Crippen LogP contribution in [0, 0.1) is 5.21 Å². The molecule has 1 rings (SSSR count). The maximum Gasteiger partial charge on any atom is 0.367 e. The number of hydrogen-bond acceptors (Lipinski definition) is 7. The second kappa shape index (κ2) is 7.67. The predicted molar refractivity (Wildman–Crippen MR) is 78.1 cm³/mol. The topological polar surface area (TPSA) is 102 Å². The number of benzene rings is 1. The molecule has 0 fully saturated rings. The van der Waals surface area contributed by atoms with E-state index in [1.807, 2.05) is 0 Å². The first-order chi connectivity index (χ1) is 9.79. The molecule has 0 aliphatic heterocycles. The van der Waals surface area contributed by atoms with Gasteiger partial charge in [-0.05, 0) is 31.5 Å². The average Bonchev–Trinajstić information content (AvgIpc) is 2.39. The van der Waals surface area contributed by atoms with E-state index < -0.39 is 24.7 Å². The lowest BCUT2D eigenvalue weighted by Crippen LogP contribution is -2.38. The molecule has 21 heavy (non-hydrogen) atoms. The largest absolute Gasteiger partial charge is 0.762 e. The zero-order chi connectivity index (χ0) is 16.1. The van der Waals surface area contributed by atoms with Crippen molar-refractivity contribution in [2.24, 2.45) is 0 Å². The molecule has 0 unspecified atom stereocenters. The highest BCUT2D eigenvalue weighted by atomic mass is 35.5. The van der Waals surface area contributed by atoms with Crippen molar-refractivity contribution < 1.29 is 23.9 Å². The Morgan fingerprint density at radius 2 is 1.76 bits per heavy atom. The quantitative estimate of drug-likeness (QED) is 0.555. The van der Waals surface area contributed by atoms with E-state index in [0.717, 1.165) is 0 Å². The molecule has 1 atom stereocenters. The standard InChI is InChI=1S/C12H18ClNO6P/c1-3-19-21(18,20-4-2)12(15,9-14(16)17)10-5-7-11(13)8-6-10/h5-8,15-16H,3-4,9H2,1-2H3/q-1/t12-/m0/s1. The molecule has 2 N–H and O–H groups in total. The van der Waals surface area contributed by atoms with Gasteiger partial charge in [-0.2, -0.15) is 0 Å². The fraction of sp³-hybridized carbons (Fsp3) is 0.500. The third-order valence-corrected chi connectivity index (χ3v) is 5.47. The van der Waals surface area contributed by atoms with E-state index in [2.05, 4.69) is 0 Å². The molecule has 0 radical (unpaired) electrons. The molecule has 0 aromatic heterocycles. The van der Waals surface area contributed by atoms with Crippen LogP contribution >= 0.6 is 19.2 Å². The van der Waals surface area contributed by atoms with Gasteiger partial charge in [0.2, 0.25) is 5.34 Å². The molecule has 0 saturated carbocycles. The first kappa shape index (κ1) is 18.5. The predicted octanol–water partition coefficient (Wildman–Crippen LogP) is 2.94. The van der Waals surface area contributed by atoms with Crippen LogP contribution in [0.5, 0.6) is 0 Å².